The van der Waals surface area contributed by atoms with Crippen LogP contribution in [0.15, 0.2) is 16.7 Å². The zero-order chi connectivity index (χ0) is 22.0. The summed E-state index contributed by atoms with van der Waals surface area (Å²) in [6.07, 6.45) is -3.80. The van der Waals surface area contributed by atoms with Crippen LogP contribution < -0.4 is 10.6 Å². The van der Waals surface area contributed by atoms with E-state index in [1.807, 2.05) is 13.0 Å². The van der Waals surface area contributed by atoms with Crippen molar-refractivity contribution in [1.82, 2.24) is 10.3 Å². The van der Waals surface area contributed by atoms with Crippen molar-refractivity contribution in [2.75, 3.05) is 11.9 Å². The predicted molar refractivity (Wildman–Crippen MR) is 93.3 cm³/mol. The third-order valence-corrected chi connectivity index (χ3v) is 5.00. The Morgan fingerprint density at radius 1 is 1.41 bits per heavy atom. The summed E-state index contributed by atoms with van der Waals surface area (Å²) in [6.45, 7) is -0.927. The van der Waals surface area contributed by atoms with Crippen molar-refractivity contribution in [1.29, 1.82) is 0 Å². The van der Waals surface area contributed by atoms with Gasteiger partial charge in [-0.3, -0.25) is 4.79 Å². The highest BCUT2D eigenvalue weighted by Gasteiger charge is 2.61. The van der Waals surface area contributed by atoms with Crippen LogP contribution in [0.2, 0.25) is 0 Å². The maximum atomic E-state index is 12.3. The van der Waals surface area contributed by atoms with Gasteiger partial charge in [0.1, 0.15) is 10.4 Å². The number of aryl methyl sites for hydroxylation is 1. The van der Waals surface area contributed by atoms with Gasteiger partial charge in [0.2, 0.25) is 5.91 Å². The summed E-state index contributed by atoms with van der Waals surface area (Å²) >= 11 is 3.26. The second-order valence-corrected chi connectivity index (χ2v) is 7.52. The Morgan fingerprint density at radius 3 is 2.59 bits per heavy atom. The van der Waals surface area contributed by atoms with Crippen LogP contribution in [0.1, 0.15) is 18.4 Å². The average Bonchev–Trinajstić information content (AvgIpc) is 3.16. The molecule has 0 unspecified atom stereocenters. The molecule has 1 aromatic rings. The van der Waals surface area contributed by atoms with Gasteiger partial charge in [-0.05, 0) is 47.3 Å². The Hall–Kier alpha value is -1.86. The predicted octanol–water partition coefficient (Wildman–Crippen LogP) is 3.08. The molecule has 1 aliphatic carbocycles. The van der Waals surface area contributed by atoms with Crippen molar-refractivity contribution < 1.29 is 41.4 Å². The highest BCUT2D eigenvalue weighted by atomic mass is 79.9. The molecule has 2 fully saturated rings. The van der Waals surface area contributed by atoms with E-state index in [1.165, 1.54) is 0 Å². The number of fused-ring (bicyclic) bond motifs is 1. The van der Waals surface area contributed by atoms with Crippen molar-refractivity contribution in [2.45, 2.75) is 44.6 Å². The standard InChI is InChI=1S/C14H16BrF2N3O2.C2HF3O2/c1-7-2-3-10(15)19-11(7)20-12(21)8-4-14(5-9(14)18-8)6-22-13(16)17;3-2(4,5)1(6)7/h2-3,8-9,13,18H,4-6H2,1H3,(H,19,20,21);(H,6,7)/t8-,9+,14-;/m0./s1. The lowest BCUT2D eigenvalue weighted by molar-refractivity contribution is -0.192. The number of amides is 1. The quantitative estimate of drug-likeness (QED) is 0.434. The van der Waals surface area contributed by atoms with E-state index in [-0.39, 0.29) is 24.0 Å². The normalized spacial score (nSPS) is 25.1. The van der Waals surface area contributed by atoms with Gasteiger partial charge in [-0.15, -0.1) is 0 Å². The number of aliphatic carboxylic acids is 1. The van der Waals surface area contributed by atoms with E-state index in [2.05, 4.69) is 36.3 Å². The number of carbonyl (C=O) groups is 2. The summed E-state index contributed by atoms with van der Waals surface area (Å²) in [7, 11) is 0. The van der Waals surface area contributed by atoms with Gasteiger partial charge in [-0.25, -0.2) is 9.78 Å². The number of alkyl halides is 5. The maximum absolute atomic E-state index is 12.3. The number of aromatic nitrogens is 1. The Labute approximate surface area is 170 Å². The molecule has 1 amide bonds. The number of ether oxygens (including phenoxy) is 1. The molecule has 3 atom stereocenters. The second kappa shape index (κ2) is 8.88. The monoisotopic (exact) mass is 489 g/mol. The van der Waals surface area contributed by atoms with Crippen molar-refractivity contribution in [2.24, 2.45) is 5.41 Å². The number of halogens is 6. The van der Waals surface area contributed by atoms with Gasteiger partial charge >= 0.3 is 18.8 Å². The van der Waals surface area contributed by atoms with Gasteiger partial charge in [-0.1, -0.05) is 6.07 Å². The molecule has 1 saturated heterocycles. The van der Waals surface area contributed by atoms with Gasteiger partial charge in [0, 0.05) is 11.5 Å². The first-order valence-corrected chi connectivity index (χ1v) is 9.03. The molecule has 3 N–H and O–H groups in total. The van der Waals surface area contributed by atoms with Crippen molar-refractivity contribution in [3.8, 4) is 0 Å². The van der Waals surface area contributed by atoms with Crippen LogP contribution in [0.5, 0.6) is 0 Å². The molecule has 13 heteroatoms. The lowest BCUT2D eigenvalue weighted by Crippen LogP contribution is -2.38. The Kier molecular flexibility index (Phi) is 7.17. The molecule has 2 aliphatic rings. The number of nitrogens with zero attached hydrogens (tertiary/aromatic N) is 1. The highest BCUT2D eigenvalue weighted by molar-refractivity contribution is 9.10. The summed E-state index contributed by atoms with van der Waals surface area (Å²) < 4.78 is 61.1. The van der Waals surface area contributed by atoms with Crippen LogP contribution in [-0.4, -0.2) is 53.4 Å². The first-order valence-electron chi connectivity index (χ1n) is 8.24. The molecule has 29 heavy (non-hydrogen) atoms. The molecule has 1 aromatic heterocycles. The first-order chi connectivity index (χ1) is 13.3. The number of hydrogen-bond acceptors (Lipinski definition) is 5. The molecule has 1 aliphatic heterocycles. The number of carboxylic acids is 1. The third kappa shape index (κ3) is 6.31. The van der Waals surface area contributed by atoms with Crippen LogP contribution in [0.4, 0.5) is 27.8 Å². The van der Waals surface area contributed by atoms with Crippen molar-refractivity contribution >= 4 is 33.6 Å². The number of pyridine rings is 1. The maximum Gasteiger partial charge on any atom is 0.490 e. The van der Waals surface area contributed by atoms with Crippen LogP contribution in [-0.2, 0) is 14.3 Å². The van der Waals surface area contributed by atoms with Crippen molar-refractivity contribution in [3.05, 3.63) is 22.3 Å². The van der Waals surface area contributed by atoms with E-state index in [1.54, 1.807) is 6.07 Å². The molecule has 0 radical (unpaired) electrons. The number of hydrogen-bond donors (Lipinski definition) is 3. The Morgan fingerprint density at radius 2 is 2.03 bits per heavy atom. The summed E-state index contributed by atoms with van der Waals surface area (Å²) in [5, 5.41) is 13.1. The minimum absolute atomic E-state index is 0.0136. The molecular formula is C16H17BrF5N3O4. The fraction of sp³-hybridized carbons (Fsp3) is 0.562. The largest absolute Gasteiger partial charge is 0.490 e. The molecule has 1 saturated carbocycles. The van der Waals surface area contributed by atoms with Gasteiger partial charge in [0.15, 0.2) is 0 Å². The lowest BCUT2D eigenvalue weighted by atomic mass is 10.0. The zero-order valence-electron chi connectivity index (χ0n) is 14.9. The smallest absolute Gasteiger partial charge is 0.475 e. The van der Waals surface area contributed by atoms with Gasteiger partial charge in [0.05, 0.1) is 12.6 Å². The molecule has 2 heterocycles. The van der Waals surface area contributed by atoms with Crippen LogP contribution in [0.25, 0.3) is 0 Å². The summed E-state index contributed by atoms with van der Waals surface area (Å²) in [4.78, 5) is 25.4. The minimum atomic E-state index is -5.08. The third-order valence-electron chi connectivity index (χ3n) is 4.56. The number of anilines is 1. The lowest BCUT2D eigenvalue weighted by Gasteiger charge is -2.16. The molecule has 162 valence electrons. The second-order valence-electron chi connectivity index (χ2n) is 6.71. The first kappa shape index (κ1) is 23.4. The number of carbonyl (C=O) groups excluding carboxylic acids is 1. The number of rotatable bonds is 5. The van der Waals surface area contributed by atoms with Gasteiger partial charge < -0.3 is 20.5 Å². The molecule has 3 rings (SSSR count). The van der Waals surface area contributed by atoms with Crippen LogP contribution in [0.3, 0.4) is 0 Å². The van der Waals surface area contributed by atoms with Crippen LogP contribution >= 0.6 is 15.9 Å². The van der Waals surface area contributed by atoms with E-state index >= 15 is 0 Å². The van der Waals surface area contributed by atoms with E-state index in [4.69, 9.17) is 9.90 Å². The van der Waals surface area contributed by atoms with Gasteiger partial charge in [0.25, 0.3) is 0 Å². The van der Waals surface area contributed by atoms with E-state index in [9.17, 15) is 26.7 Å². The molecule has 0 spiro atoms. The van der Waals surface area contributed by atoms with Crippen LogP contribution in [0, 0.1) is 12.3 Å². The van der Waals surface area contributed by atoms with E-state index < -0.39 is 24.8 Å². The Balaban J connectivity index is 0.000000370. The van der Waals surface area contributed by atoms with Gasteiger partial charge in [-0.2, -0.15) is 22.0 Å². The highest BCUT2D eigenvalue weighted by Crippen LogP contribution is 2.54. The molecule has 7 nitrogen and oxygen atoms in total. The molecule has 0 aromatic carbocycles. The summed E-state index contributed by atoms with van der Waals surface area (Å²) in [5.41, 5.74) is 0.536. The Bertz CT molecular complexity index is 779. The molecular weight excluding hydrogens is 473 g/mol. The van der Waals surface area contributed by atoms with E-state index in [0.29, 0.717) is 16.8 Å². The van der Waals surface area contributed by atoms with Crippen molar-refractivity contribution in [3.63, 3.8) is 0 Å². The summed E-state index contributed by atoms with van der Waals surface area (Å²) in [6, 6.07) is 3.33. The number of nitrogens with one attached hydrogen (secondary N) is 2. The summed E-state index contributed by atoms with van der Waals surface area (Å²) in [5.74, 6) is -2.45. The SMILES string of the molecule is Cc1ccc(Br)nc1NC(=O)[C@@H]1C[C@@]2(COC(F)F)C[C@H]2N1.O=C(O)C(F)(F)F. The zero-order valence-corrected chi connectivity index (χ0v) is 16.5. The topological polar surface area (TPSA) is 101 Å². The number of piperidine rings is 1. The fourth-order valence-electron chi connectivity index (χ4n) is 2.97. The average molecular weight is 490 g/mol. The fourth-order valence-corrected chi connectivity index (χ4v) is 3.28. The number of carboxylic acid groups (broad SMARTS) is 1. The van der Waals surface area contributed by atoms with E-state index in [0.717, 1.165) is 12.0 Å². The minimum Gasteiger partial charge on any atom is -0.475 e. The molecule has 0 bridgehead atoms.